The molecule has 0 atom stereocenters. The lowest BCUT2D eigenvalue weighted by molar-refractivity contribution is 0.0950. The summed E-state index contributed by atoms with van der Waals surface area (Å²) < 4.78 is 0. The quantitative estimate of drug-likeness (QED) is 0.501. The van der Waals surface area contributed by atoms with Gasteiger partial charge >= 0.3 is 0 Å². The van der Waals surface area contributed by atoms with Crippen molar-refractivity contribution < 1.29 is 4.79 Å². The number of hydrazone groups is 1. The Labute approximate surface area is 159 Å². The third-order valence-corrected chi connectivity index (χ3v) is 4.46. The van der Waals surface area contributed by atoms with Crippen LogP contribution in [0.5, 0.6) is 0 Å². The molecule has 0 saturated carbocycles. The van der Waals surface area contributed by atoms with Gasteiger partial charge in [0.15, 0.2) is 0 Å². The predicted molar refractivity (Wildman–Crippen MR) is 109 cm³/mol. The molecule has 1 aromatic heterocycles. The summed E-state index contributed by atoms with van der Waals surface area (Å²) in [5.74, 6) is 0.164. The third-order valence-electron chi connectivity index (χ3n) is 4.46. The zero-order valence-corrected chi connectivity index (χ0v) is 15.9. The van der Waals surface area contributed by atoms with Gasteiger partial charge < -0.3 is 0 Å². The first kappa shape index (κ1) is 18.6. The molecule has 1 heterocycles. The van der Waals surface area contributed by atoms with Crippen molar-refractivity contribution in [1.29, 1.82) is 0 Å². The number of aromatic nitrogens is 2. The van der Waals surface area contributed by atoms with Crippen LogP contribution in [-0.4, -0.2) is 22.3 Å². The Morgan fingerprint density at radius 1 is 1.15 bits per heavy atom. The summed E-state index contributed by atoms with van der Waals surface area (Å²) in [5.41, 5.74) is 8.07. The van der Waals surface area contributed by atoms with Crippen LogP contribution < -0.4 is 5.43 Å². The number of hydrogen-bond donors (Lipinski definition) is 2. The van der Waals surface area contributed by atoms with Gasteiger partial charge in [0.2, 0.25) is 0 Å². The number of aromatic amines is 1. The van der Waals surface area contributed by atoms with Crippen LogP contribution in [0.1, 0.15) is 53.9 Å². The number of benzene rings is 2. The van der Waals surface area contributed by atoms with Gasteiger partial charge in [-0.2, -0.15) is 10.2 Å². The van der Waals surface area contributed by atoms with Crippen molar-refractivity contribution in [1.82, 2.24) is 15.6 Å². The van der Waals surface area contributed by atoms with Gasteiger partial charge in [-0.25, -0.2) is 5.43 Å². The first-order chi connectivity index (χ1) is 13.1. The van der Waals surface area contributed by atoms with Gasteiger partial charge in [0.1, 0.15) is 5.69 Å². The highest BCUT2D eigenvalue weighted by Crippen LogP contribution is 2.18. The van der Waals surface area contributed by atoms with Crippen molar-refractivity contribution in [2.75, 3.05) is 0 Å². The lowest BCUT2D eigenvalue weighted by atomic mass is 10.0. The normalized spacial score (nSPS) is 11.3. The fourth-order valence-electron chi connectivity index (χ4n) is 2.69. The molecule has 1 amide bonds. The van der Waals surface area contributed by atoms with Crippen LogP contribution in [0, 0.1) is 0 Å². The summed E-state index contributed by atoms with van der Waals surface area (Å²) >= 11 is 0. The lowest BCUT2D eigenvalue weighted by Crippen LogP contribution is -2.18. The summed E-state index contributed by atoms with van der Waals surface area (Å²) in [6.07, 6.45) is 2.62. The highest BCUT2D eigenvalue weighted by molar-refractivity contribution is 5.94. The molecule has 3 aromatic rings. The summed E-state index contributed by atoms with van der Waals surface area (Å²) in [6, 6.07) is 18.0. The molecule has 0 saturated heterocycles. The van der Waals surface area contributed by atoms with E-state index in [9.17, 15) is 4.79 Å². The van der Waals surface area contributed by atoms with Gasteiger partial charge in [0.25, 0.3) is 5.91 Å². The SMILES string of the molecule is CCc1ccc(-c2cc(C(=O)N/N=C/c3ccc(C(C)C)cc3)[nH]n2)cc1. The molecule has 0 aliphatic carbocycles. The molecule has 0 unspecified atom stereocenters. The molecule has 3 rings (SSSR count). The molecule has 2 N–H and O–H groups in total. The Bertz CT molecular complexity index is 922. The van der Waals surface area contributed by atoms with E-state index in [4.69, 9.17) is 0 Å². The summed E-state index contributed by atoms with van der Waals surface area (Å²) in [6.45, 7) is 6.42. The average Bonchev–Trinajstić information content (AvgIpc) is 3.19. The van der Waals surface area contributed by atoms with Crippen molar-refractivity contribution in [2.45, 2.75) is 33.1 Å². The van der Waals surface area contributed by atoms with E-state index in [1.54, 1.807) is 12.3 Å². The average molecular weight is 360 g/mol. The minimum Gasteiger partial charge on any atom is -0.272 e. The smallest absolute Gasteiger partial charge is 0.272 e. The van der Waals surface area contributed by atoms with Gasteiger partial charge in [-0.05, 0) is 35.1 Å². The maximum Gasteiger partial charge on any atom is 0.289 e. The number of carbonyl (C=O) groups is 1. The number of hydrogen-bond acceptors (Lipinski definition) is 3. The second-order valence-electron chi connectivity index (χ2n) is 6.74. The summed E-state index contributed by atoms with van der Waals surface area (Å²) in [4.78, 5) is 12.2. The Morgan fingerprint density at radius 2 is 1.85 bits per heavy atom. The molecule has 0 aliphatic heterocycles. The van der Waals surface area contributed by atoms with Crippen LogP contribution in [0.25, 0.3) is 11.3 Å². The van der Waals surface area contributed by atoms with E-state index in [0.717, 1.165) is 23.2 Å². The number of aryl methyl sites for hydroxylation is 1. The maximum atomic E-state index is 12.2. The molecule has 0 bridgehead atoms. The topological polar surface area (TPSA) is 70.1 Å². The van der Waals surface area contributed by atoms with E-state index in [1.807, 2.05) is 24.3 Å². The number of rotatable bonds is 6. The van der Waals surface area contributed by atoms with Crippen LogP contribution in [0.15, 0.2) is 59.7 Å². The Hall–Kier alpha value is -3.21. The lowest BCUT2D eigenvalue weighted by Gasteiger charge is -2.04. The maximum absolute atomic E-state index is 12.2. The molecular weight excluding hydrogens is 336 g/mol. The van der Waals surface area contributed by atoms with E-state index < -0.39 is 0 Å². The monoisotopic (exact) mass is 360 g/mol. The second kappa shape index (κ2) is 8.45. The van der Waals surface area contributed by atoms with Crippen LogP contribution in [0.2, 0.25) is 0 Å². The zero-order valence-electron chi connectivity index (χ0n) is 15.9. The van der Waals surface area contributed by atoms with Crippen molar-refractivity contribution in [3.05, 3.63) is 77.0 Å². The highest BCUT2D eigenvalue weighted by Gasteiger charge is 2.10. The summed E-state index contributed by atoms with van der Waals surface area (Å²) in [5, 5.41) is 11.0. The fourth-order valence-corrected chi connectivity index (χ4v) is 2.69. The number of nitrogens with zero attached hydrogens (tertiary/aromatic N) is 2. The van der Waals surface area contributed by atoms with Crippen LogP contribution >= 0.6 is 0 Å². The van der Waals surface area contributed by atoms with Gasteiger partial charge in [-0.1, -0.05) is 69.3 Å². The van der Waals surface area contributed by atoms with Crippen molar-refractivity contribution in [3.63, 3.8) is 0 Å². The number of nitrogens with one attached hydrogen (secondary N) is 2. The number of amides is 1. The first-order valence-electron chi connectivity index (χ1n) is 9.15. The minimum atomic E-state index is -0.325. The van der Waals surface area contributed by atoms with E-state index >= 15 is 0 Å². The molecule has 0 fully saturated rings. The predicted octanol–water partition coefficient (Wildman–Crippen LogP) is 4.53. The zero-order chi connectivity index (χ0) is 19.2. The van der Waals surface area contributed by atoms with Gasteiger partial charge in [-0.3, -0.25) is 9.89 Å². The highest BCUT2D eigenvalue weighted by atomic mass is 16.2. The van der Waals surface area contributed by atoms with Crippen LogP contribution in [0.3, 0.4) is 0 Å². The molecule has 0 aliphatic rings. The molecule has 0 radical (unpaired) electrons. The minimum absolute atomic E-state index is 0.325. The first-order valence-corrected chi connectivity index (χ1v) is 9.15. The fraction of sp³-hybridized carbons (Fsp3) is 0.227. The van der Waals surface area contributed by atoms with Gasteiger partial charge in [0, 0.05) is 5.56 Å². The summed E-state index contributed by atoms with van der Waals surface area (Å²) in [7, 11) is 0. The van der Waals surface area contributed by atoms with E-state index in [0.29, 0.717) is 11.6 Å². The molecule has 138 valence electrons. The molecule has 0 spiro atoms. The second-order valence-corrected chi connectivity index (χ2v) is 6.74. The van der Waals surface area contributed by atoms with E-state index in [2.05, 4.69) is 65.8 Å². The van der Waals surface area contributed by atoms with Crippen molar-refractivity contribution >= 4 is 12.1 Å². The number of H-pyrrole nitrogens is 1. The Morgan fingerprint density at radius 3 is 2.48 bits per heavy atom. The molecule has 5 heteroatoms. The van der Waals surface area contributed by atoms with Crippen LogP contribution in [-0.2, 0) is 6.42 Å². The van der Waals surface area contributed by atoms with Gasteiger partial charge in [-0.15, -0.1) is 0 Å². The molecule has 5 nitrogen and oxygen atoms in total. The third kappa shape index (κ3) is 4.70. The van der Waals surface area contributed by atoms with Crippen molar-refractivity contribution in [2.24, 2.45) is 5.10 Å². The number of carbonyl (C=O) groups excluding carboxylic acids is 1. The molecular formula is C22H24N4O. The van der Waals surface area contributed by atoms with E-state index in [-0.39, 0.29) is 5.91 Å². The molecule has 27 heavy (non-hydrogen) atoms. The van der Waals surface area contributed by atoms with E-state index in [1.165, 1.54) is 11.1 Å². The molecule has 2 aromatic carbocycles. The van der Waals surface area contributed by atoms with Crippen LogP contribution in [0.4, 0.5) is 0 Å². The van der Waals surface area contributed by atoms with Crippen molar-refractivity contribution in [3.8, 4) is 11.3 Å². The Kier molecular flexibility index (Phi) is 5.81. The standard InChI is InChI=1S/C22H24N4O/c1-4-16-5-11-19(12-6-16)20-13-21(25-24-20)22(27)26-23-14-17-7-9-18(10-8-17)15(2)3/h5-15H,4H2,1-3H3,(H,24,25)(H,26,27)/b23-14+. The van der Waals surface area contributed by atoms with Gasteiger partial charge in [0.05, 0.1) is 11.9 Å². The Balaban J connectivity index is 1.62. The largest absolute Gasteiger partial charge is 0.289 e.